The first-order valence-electron chi connectivity index (χ1n) is 8.47. The first kappa shape index (κ1) is 15.3. The monoisotopic (exact) mass is 267 g/mol. The van der Waals surface area contributed by atoms with Crippen molar-refractivity contribution in [1.29, 1.82) is 0 Å². The van der Waals surface area contributed by atoms with Gasteiger partial charge in [-0.3, -0.25) is 0 Å². The molecule has 2 heteroatoms. The van der Waals surface area contributed by atoms with Crippen molar-refractivity contribution in [2.24, 2.45) is 11.8 Å². The summed E-state index contributed by atoms with van der Waals surface area (Å²) in [6.45, 7) is 10.3. The highest BCUT2D eigenvalue weighted by Gasteiger charge is 2.43. The topological polar surface area (TPSA) is 21.3 Å². The first-order chi connectivity index (χ1) is 9.06. The van der Waals surface area contributed by atoms with Crippen LogP contribution in [-0.4, -0.2) is 24.3 Å². The molecule has 1 aliphatic carbocycles. The van der Waals surface area contributed by atoms with Gasteiger partial charge < -0.3 is 10.1 Å². The van der Waals surface area contributed by atoms with Crippen LogP contribution < -0.4 is 5.32 Å². The summed E-state index contributed by atoms with van der Waals surface area (Å²) in [7, 11) is 0. The lowest BCUT2D eigenvalue weighted by molar-refractivity contribution is -0.0481. The second kappa shape index (κ2) is 6.58. The van der Waals surface area contributed by atoms with Crippen LogP contribution in [0.5, 0.6) is 0 Å². The fourth-order valence-electron chi connectivity index (χ4n) is 4.28. The van der Waals surface area contributed by atoms with Gasteiger partial charge in [-0.1, -0.05) is 33.6 Å². The largest absolute Gasteiger partial charge is 0.372 e. The summed E-state index contributed by atoms with van der Waals surface area (Å²) in [4.78, 5) is 0. The van der Waals surface area contributed by atoms with Crippen molar-refractivity contribution in [2.75, 3.05) is 6.54 Å². The predicted octanol–water partition coefficient (Wildman–Crippen LogP) is 4.14. The Morgan fingerprint density at radius 1 is 1.16 bits per heavy atom. The Bertz CT molecular complexity index is 270. The van der Waals surface area contributed by atoms with E-state index >= 15 is 0 Å². The molecule has 2 nitrogen and oxygen atoms in total. The fourth-order valence-corrected chi connectivity index (χ4v) is 4.28. The average molecular weight is 267 g/mol. The van der Waals surface area contributed by atoms with E-state index in [4.69, 9.17) is 4.74 Å². The molecule has 1 saturated carbocycles. The Labute approximate surface area is 119 Å². The Morgan fingerprint density at radius 3 is 2.42 bits per heavy atom. The second-order valence-corrected chi connectivity index (χ2v) is 7.16. The lowest BCUT2D eigenvalue weighted by atomic mass is 9.84. The summed E-state index contributed by atoms with van der Waals surface area (Å²) in [6.07, 6.45) is 9.78. The lowest BCUT2D eigenvalue weighted by Gasteiger charge is -2.31. The van der Waals surface area contributed by atoms with E-state index in [9.17, 15) is 0 Å². The third-order valence-corrected chi connectivity index (χ3v) is 5.41. The normalized spacial score (nSPS) is 29.2. The van der Waals surface area contributed by atoms with E-state index in [0.29, 0.717) is 17.7 Å². The molecule has 1 heterocycles. The van der Waals surface area contributed by atoms with E-state index in [0.717, 1.165) is 18.4 Å². The summed E-state index contributed by atoms with van der Waals surface area (Å²) in [6, 6.07) is 0.605. The number of nitrogens with one attached hydrogen (secondary N) is 1. The zero-order valence-electron chi connectivity index (χ0n) is 13.4. The molecular formula is C17H33NO. The highest BCUT2D eigenvalue weighted by Crippen LogP contribution is 2.45. The molecule has 0 radical (unpaired) electrons. The molecule has 1 saturated heterocycles. The summed E-state index contributed by atoms with van der Waals surface area (Å²) >= 11 is 0. The molecule has 2 aliphatic rings. The number of rotatable bonds is 6. The average Bonchev–Trinajstić information content (AvgIpc) is 2.97. The maximum Gasteiger partial charge on any atom is 0.0687 e. The highest BCUT2D eigenvalue weighted by molar-refractivity contribution is 4.94. The quantitative estimate of drug-likeness (QED) is 0.781. The van der Waals surface area contributed by atoms with Crippen LogP contribution in [-0.2, 0) is 4.74 Å². The molecule has 1 aliphatic heterocycles. The van der Waals surface area contributed by atoms with Gasteiger partial charge in [0.1, 0.15) is 0 Å². The molecule has 1 N–H and O–H groups in total. The zero-order valence-corrected chi connectivity index (χ0v) is 13.4. The van der Waals surface area contributed by atoms with Crippen LogP contribution in [0.25, 0.3) is 0 Å². The third kappa shape index (κ3) is 3.72. The molecule has 2 fully saturated rings. The van der Waals surface area contributed by atoms with Crippen molar-refractivity contribution < 1.29 is 4.74 Å². The van der Waals surface area contributed by atoms with Crippen LogP contribution in [0, 0.1) is 11.8 Å². The van der Waals surface area contributed by atoms with E-state index < -0.39 is 0 Å². The van der Waals surface area contributed by atoms with Crippen LogP contribution in [0.3, 0.4) is 0 Å². The third-order valence-electron chi connectivity index (χ3n) is 5.41. The Morgan fingerprint density at radius 2 is 1.84 bits per heavy atom. The molecule has 0 amide bonds. The van der Waals surface area contributed by atoms with E-state index in [1.165, 1.54) is 44.9 Å². The van der Waals surface area contributed by atoms with Crippen molar-refractivity contribution in [3.8, 4) is 0 Å². The van der Waals surface area contributed by atoms with Gasteiger partial charge in [-0.15, -0.1) is 0 Å². The molecule has 0 aromatic carbocycles. The molecule has 112 valence electrons. The van der Waals surface area contributed by atoms with Crippen LogP contribution in [0.1, 0.15) is 72.6 Å². The summed E-state index contributed by atoms with van der Waals surface area (Å²) in [5.41, 5.74) is 0.299. The summed E-state index contributed by atoms with van der Waals surface area (Å²) in [5.74, 6) is 1.47. The van der Waals surface area contributed by atoms with Gasteiger partial charge in [0.15, 0.2) is 0 Å². The maximum atomic E-state index is 6.49. The van der Waals surface area contributed by atoms with E-state index in [1.54, 1.807) is 0 Å². The SMILES string of the molecule is CCNC(C)C(CC1CCC2(CCCC2)O1)C(C)C. The van der Waals surface area contributed by atoms with Gasteiger partial charge in [-0.05, 0) is 57.4 Å². The standard InChI is InChI=1S/C17H33NO/c1-5-18-14(4)16(13(2)3)12-15-8-11-17(19-15)9-6-7-10-17/h13-16,18H,5-12H2,1-4H3. The van der Waals surface area contributed by atoms with Gasteiger partial charge in [0.05, 0.1) is 11.7 Å². The van der Waals surface area contributed by atoms with Gasteiger partial charge in [0, 0.05) is 6.04 Å². The Kier molecular flexibility index (Phi) is 5.30. The van der Waals surface area contributed by atoms with Crippen LogP contribution >= 0.6 is 0 Å². The number of hydrogen-bond acceptors (Lipinski definition) is 2. The summed E-state index contributed by atoms with van der Waals surface area (Å²) < 4.78 is 6.49. The molecular weight excluding hydrogens is 234 g/mol. The minimum atomic E-state index is 0.299. The Balaban J connectivity index is 1.88. The predicted molar refractivity (Wildman–Crippen MR) is 81.4 cm³/mol. The molecule has 3 atom stereocenters. The number of hydrogen-bond donors (Lipinski definition) is 1. The first-order valence-corrected chi connectivity index (χ1v) is 8.47. The van der Waals surface area contributed by atoms with E-state index in [1.807, 2.05) is 0 Å². The van der Waals surface area contributed by atoms with Crippen LogP contribution in [0.15, 0.2) is 0 Å². The smallest absolute Gasteiger partial charge is 0.0687 e. The lowest BCUT2D eigenvalue weighted by Crippen LogP contribution is -2.38. The van der Waals surface area contributed by atoms with Gasteiger partial charge in [-0.2, -0.15) is 0 Å². The van der Waals surface area contributed by atoms with Crippen molar-refractivity contribution in [2.45, 2.75) is 90.4 Å². The van der Waals surface area contributed by atoms with Crippen molar-refractivity contribution in [3.63, 3.8) is 0 Å². The fraction of sp³-hybridized carbons (Fsp3) is 1.00. The Hall–Kier alpha value is -0.0800. The van der Waals surface area contributed by atoms with Crippen molar-refractivity contribution in [1.82, 2.24) is 5.32 Å². The zero-order chi connectivity index (χ0) is 13.9. The van der Waals surface area contributed by atoms with Crippen LogP contribution in [0.2, 0.25) is 0 Å². The molecule has 2 rings (SSSR count). The van der Waals surface area contributed by atoms with Crippen molar-refractivity contribution in [3.05, 3.63) is 0 Å². The molecule has 0 bridgehead atoms. The van der Waals surface area contributed by atoms with Gasteiger partial charge >= 0.3 is 0 Å². The minimum Gasteiger partial charge on any atom is -0.372 e. The molecule has 0 aromatic heterocycles. The van der Waals surface area contributed by atoms with Gasteiger partial charge in [-0.25, -0.2) is 0 Å². The van der Waals surface area contributed by atoms with E-state index in [2.05, 4.69) is 33.0 Å². The molecule has 0 aromatic rings. The molecule has 19 heavy (non-hydrogen) atoms. The second-order valence-electron chi connectivity index (χ2n) is 7.16. The van der Waals surface area contributed by atoms with Crippen LogP contribution in [0.4, 0.5) is 0 Å². The molecule has 1 spiro atoms. The minimum absolute atomic E-state index is 0.299. The maximum absolute atomic E-state index is 6.49. The van der Waals surface area contributed by atoms with Gasteiger partial charge in [0.2, 0.25) is 0 Å². The van der Waals surface area contributed by atoms with Gasteiger partial charge in [0.25, 0.3) is 0 Å². The van der Waals surface area contributed by atoms with E-state index in [-0.39, 0.29) is 0 Å². The molecule has 3 unspecified atom stereocenters. The highest BCUT2D eigenvalue weighted by atomic mass is 16.5. The number of ether oxygens (including phenoxy) is 1. The summed E-state index contributed by atoms with van der Waals surface area (Å²) in [5, 5.41) is 3.61. The van der Waals surface area contributed by atoms with Crippen molar-refractivity contribution >= 4 is 0 Å².